The van der Waals surface area contributed by atoms with Gasteiger partial charge in [-0.3, -0.25) is 9.52 Å². The lowest BCUT2D eigenvalue weighted by Crippen LogP contribution is -2.49. The van der Waals surface area contributed by atoms with Gasteiger partial charge in [-0.25, -0.2) is 13.2 Å². The first-order valence-corrected chi connectivity index (χ1v) is 17.1. The summed E-state index contributed by atoms with van der Waals surface area (Å²) in [6.45, 7) is 12.0. The van der Waals surface area contributed by atoms with Gasteiger partial charge in [-0.1, -0.05) is 24.6 Å². The van der Waals surface area contributed by atoms with Gasteiger partial charge < -0.3 is 29.7 Å². The van der Waals surface area contributed by atoms with Gasteiger partial charge in [0.2, 0.25) is 0 Å². The number of aliphatic hydroxyl groups is 1. The molecule has 12 heteroatoms. The molecule has 1 aliphatic heterocycles. The zero-order valence-corrected chi connectivity index (χ0v) is 28.4. The highest BCUT2D eigenvalue weighted by atomic mass is 32.2. The van der Waals surface area contributed by atoms with Crippen LogP contribution in [-0.2, 0) is 14.8 Å². The van der Waals surface area contributed by atoms with E-state index in [0.717, 1.165) is 18.4 Å². The third kappa shape index (κ3) is 10.3. The molecule has 2 aromatic carbocycles. The number of rotatable bonds is 8. The molecule has 0 saturated carbocycles. The molecule has 45 heavy (non-hydrogen) atoms. The molecule has 250 valence electrons. The van der Waals surface area contributed by atoms with Crippen molar-refractivity contribution in [2.75, 3.05) is 38.1 Å². The number of nitrogens with zero attached hydrogens (tertiary/aromatic N) is 2. The van der Waals surface area contributed by atoms with E-state index in [9.17, 15) is 23.1 Å². The molecule has 0 aliphatic carbocycles. The van der Waals surface area contributed by atoms with Crippen LogP contribution in [-0.4, -0.2) is 92.9 Å². The highest BCUT2D eigenvalue weighted by Crippen LogP contribution is 2.29. The molecule has 0 fully saturated rings. The van der Waals surface area contributed by atoms with Gasteiger partial charge in [-0.15, -0.1) is 0 Å². The van der Waals surface area contributed by atoms with Crippen molar-refractivity contribution in [1.82, 2.24) is 15.1 Å². The summed E-state index contributed by atoms with van der Waals surface area (Å²) in [7, 11) is -2.21. The highest BCUT2D eigenvalue weighted by molar-refractivity contribution is 7.92. The largest absolute Gasteiger partial charge is 0.490 e. The fourth-order valence-corrected chi connectivity index (χ4v) is 6.14. The number of sulfonamides is 1. The molecule has 0 radical (unpaired) electrons. The molecule has 0 saturated heterocycles. The number of ether oxygens (including phenoxy) is 2. The van der Waals surface area contributed by atoms with Crippen molar-refractivity contribution in [3.05, 3.63) is 53.6 Å². The number of carbonyl (C=O) groups excluding carboxylic acids is 2. The van der Waals surface area contributed by atoms with E-state index in [1.165, 1.54) is 18.2 Å². The third-order valence-corrected chi connectivity index (χ3v) is 9.24. The van der Waals surface area contributed by atoms with Crippen molar-refractivity contribution in [2.45, 2.75) is 90.0 Å². The quantitative estimate of drug-likeness (QED) is 0.380. The fourth-order valence-electron chi connectivity index (χ4n) is 5.09. The van der Waals surface area contributed by atoms with Gasteiger partial charge >= 0.3 is 6.03 Å². The van der Waals surface area contributed by atoms with Crippen LogP contribution < -0.4 is 14.8 Å². The van der Waals surface area contributed by atoms with E-state index in [0.29, 0.717) is 25.3 Å². The molecule has 1 aliphatic rings. The summed E-state index contributed by atoms with van der Waals surface area (Å²) in [5.74, 6) is -0.293. The SMILES string of the molecule is Cc1ccc(S(=O)(=O)Nc2ccc3c(c2)C(=O)N([C@@H](C)CO)C[C@@H](C)[C@H](CN(C)C(=O)NC(C)C)OCCCC[C@@H](C)O3)cc1. The Morgan fingerprint density at radius 1 is 1.11 bits per heavy atom. The number of fused-ring (bicyclic) bond motifs is 1. The first kappa shape index (κ1) is 36.1. The summed E-state index contributed by atoms with van der Waals surface area (Å²) >= 11 is 0. The van der Waals surface area contributed by atoms with E-state index in [1.807, 2.05) is 34.6 Å². The molecule has 0 spiro atoms. The van der Waals surface area contributed by atoms with Crippen molar-refractivity contribution in [2.24, 2.45) is 5.92 Å². The number of benzene rings is 2. The highest BCUT2D eigenvalue weighted by Gasteiger charge is 2.31. The molecule has 1 heterocycles. The average Bonchev–Trinajstić information content (AvgIpc) is 2.98. The molecule has 0 bridgehead atoms. The van der Waals surface area contributed by atoms with Gasteiger partial charge in [0.05, 0.1) is 35.3 Å². The number of amides is 3. The molecule has 4 atom stereocenters. The molecule has 3 N–H and O–H groups in total. The van der Waals surface area contributed by atoms with Crippen LogP contribution in [0.2, 0.25) is 0 Å². The van der Waals surface area contributed by atoms with E-state index < -0.39 is 22.0 Å². The number of aryl methyl sites for hydroxylation is 1. The number of anilines is 1. The van der Waals surface area contributed by atoms with Crippen molar-refractivity contribution < 1.29 is 32.6 Å². The first-order chi connectivity index (χ1) is 21.2. The van der Waals surface area contributed by atoms with Crippen LogP contribution in [0.3, 0.4) is 0 Å². The van der Waals surface area contributed by atoms with E-state index in [1.54, 1.807) is 48.0 Å². The minimum Gasteiger partial charge on any atom is -0.490 e. The molecule has 3 amide bonds. The number of nitrogens with one attached hydrogen (secondary N) is 2. The van der Waals surface area contributed by atoms with Gasteiger partial charge in [-0.05, 0) is 84.2 Å². The predicted octanol–water partition coefficient (Wildman–Crippen LogP) is 4.64. The second kappa shape index (κ2) is 16.3. The van der Waals surface area contributed by atoms with Crippen molar-refractivity contribution in [1.29, 1.82) is 0 Å². The van der Waals surface area contributed by atoms with E-state index in [2.05, 4.69) is 10.0 Å². The van der Waals surface area contributed by atoms with Crippen LogP contribution in [0.5, 0.6) is 5.75 Å². The summed E-state index contributed by atoms with van der Waals surface area (Å²) in [6.07, 6.45) is 1.74. The molecular formula is C33H50N4O7S. The summed E-state index contributed by atoms with van der Waals surface area (Å²) in [5.41, 5.74) is 1.33. The Labute approximate surface area is 268 Å². The molecule has 0 unspecified atom stereocenters. The summed E-state index contributed by atoms with van der Waals surface area (Å²) in [4.78, 5) is 30.2. The standard InChI is InChI=1S/C33H50N4O7S/c1-22(2)34-33(40)36(7)20-31-24(4)19-37(25(5)21-38)32(39)29-18-27(35-45(41,42)28-14-11-23(3)12-15-28)13-16-30(29)44-26(6)10-8-9-17-43-31/h11-16,18,22,24-26,31,35,38H,8-10,17,19-21H2,1-7H3,(H,34,40)/t24-,25+,26-,31+/m1/s1. The Bertz CT molecular complexity index is 1380. The van der Waals surface area contributed by atoms with Crippen LogP contribution >= 0.6 is 0 Å². The van der Waals surface area contributed by atoms with Gasteiger partial charge in [0.15, 0.2) is 0 Å². The van der Waals surface area contributed by atoms with Crippen molar-refractivity contribution in [3.8, 4) is 5.75 Å². The second-order valence-corrected chi connectivity index (χ2v) is 14.1. The minimum atomic E-state index is -3.92. The maximum Gasteiger partial charge on any atom is 0.317 e. The molecule has 2 aromatic rings. The molecular weight excluding hydrogens is 596 g/mol. The molecule has 0 aromatic heterocycles. The fraction of sp³-hybridized carbons (Fsp3) is 0.576. The number of aliphatic hydroxyl groups excluding tert-OH is 1. The van der Waals surface area contributed by atoms with Gasteiger partial charge in [0.1, 0.15) is 5.75 Å². The smallest absolute Gasteiger partial charge is 0.317 e. The van der Waals surface area contributed by atoms with Crippen molar-refractivity contribution in [3.63, 3.8) is 0 Å². The number of hydrogen-bond donors (Lipinski definition) is 3. The average molecular weight is 647 g/mol. The van der Waals surface area contributed by atoms with Crippen LogP contribution in [0.1, 0.15) is 69.8 Å². The number of carbonyl (C=O) groups is 2. The number of hydrogen-bond acceptors (Lipinski definition) is 7. The maximum atomic E-state index is 14.3. The third-order valence-electron chi connectivity index (χ3n) is 7.85. The summed E-state index contributed by atoms with van der Waals surface area (Å²) < 4.78 is 41.5. The second-order valence-electron chi connectivity index (χ2n) is 12.4. The number of urea groups is 1. The zero-order valence-electron chi connectivity index (χ0n) is 27.6. The lowest BCUT2D eigenvalue weighted by molar-refractivity contribution is -0.0122. The van der Waals surface area contributed by atoms with Crippen LogP contribution in [0, 0.1) is 12.8 Å². The minimum absolute atomic E-state index is 0.0173. The van der Waals surface area contributed by atoms with Crippen molar-refractivity contribution >= 4 is 27.6 Å². The van der Waals surface area contributed by atoms with E-state index in [-0.39, 0.29) is 59.5 Å². The summed E-state index contributed by atoms with van der Waals surface area (Å²) in [6, 6.07) is 10.4. The Hall–Kier alpha value is -3.35. The van der Waals surface area contributed by atoms with Crippen LogP contribution in [0.15, 0.2) is 47.4 Å². The maximum absolute atomic E-state index is 14.3. The molecule has 11 nitrogen and oxygen atoms in total. The number of likely N-dealkylation sites (N-methyl/N-ethyl adjacent to an activating group) is 1. The zero-order chi connectivity index (χ0) is 33.3. The topological polar surface area (TPSA) is 138 Å². The van der Waals surface area contributed by atoms with Crippen LogP contribution in [0.4, 0.5) is 10.5 Å². The van der Waals surface area contributed by atoms with E-state index in [4.69, 9.17) is 9.47 Å². The first-order valence-electron chi connectivity index (χ1n) is 15.7. The van der Waals surface area contributed by atoms with Gasteiger partial charge in [-0.2, -0.15) is 0 Å². The normalized spacial score (nSPS) is 20.9. The van der Waals surface area contributed by atoms with E-state index >= 15 is 0 Å². The lowest BCUT2D eigenvalue weighted by Gasteiger charge is -2.36. The van der Waals surface area contributed by atoms with Crippen LogP contribution in [0.25, 0.3) is 0 Å². The predicted molar refractivity (Wildman–Crippen MR) is 175 cm³/mol. The lowest BCUT2D eigenvalue weighted by atomic mass is 10.0. The Balaban J connectivity index is 1.98. The van der Waals surface area contributed by atoms with Gasteiger partial charge in [0.25, 0.3) is 15.9 Å². The Kier molecular flexibility index (Phi) is 13.1. The Morgan fingerprint density at radius 2 is 1.80 bits per heavy atom. The van der Waals surface area contributed by atoms with Gasteiger partial charge in [0, 0.05) is 44.4 Å². The summed E-state index contributed by atoms with van der Waals surface area (Å²) in [5, 5.41) is 13.1. The Morgan fingerprint density at radius 3 is 2.44 bits per heavy atom. The monoisotopic (exact) mass is 646 g/mol. The molecule has 3 rings (SSSR count).